The highest BCUT2D eigenvalue weighted by Crippen LogP contribution is 2.36. The Labute approximate surface area is 131 Å². The maximum Gasteiger partial charge on any atom is 0.417 e. The Balaban J connectivity index is 2.43. The Bertz CT molecular complexity index is 546. The third kappa shape index (κ3) is 3.45. The van der Waals surface area contributed by atoms with E-state index in [1.165, 1.54) is 12.1 Å². The normalized spacial score (nSPS) is 23.2. The molecule has 1 saturated heterocycles. The number of anilines is 1. The number of hydrogen-bond acceptors (Lipinski definition) is 3. The van der Waals surface area contributed by atoms with Gasteiger partial charge in [-0.25, -0.2) is 0 Å². The molecule has 21 heavy (non-hydrogen) atoms. The summed E-state index contributed by atoms with van der Waals surface area (Å²) in [5.74, 6) is 0.953. The van der Waals surface area contributed by atoms with Crippen LogP contribution in [0.15, 0.2) is 18.2 Å². The topological polar surface area (TPSA) is 29.3 Å². The van der Waals surface area contributed by atoms with Crippen molar-refractivity contribution in [2.75, 3.05) is 17.2 Å². The Morgan fingerprint density at radius 3 is 2.62 bits per heavy atom. The summed E-state index contributed by atoms with van der Waals surface area (Å²) in [5.41, 5.74) is 5.35. The molecule has 2 atom stereocenters. The largest absolute Gasteiger partial charge is 0.417 e. The summed E-state index contributed by atoms with van der Waals surface area (Å²) in [7, 11) is 0. The highest BCUT2D eigenvalue weighted by atomic mass is 32.2. The van der Waals surface area contributed by atoms with Crippen molar-refractivity contribution in [3.05, 3.63) is 29.3 Å². The average molecular weight is 334 g/mol. The lowest BCUT2D eigenvalue weighted by Crippen LogP contribution is -2.44. The zero-order valence-electron chi connectivity index (χ0n) is 11.8. The molecule has 1 aliphatic rings. The van der Waals surface area contributed by atoms with Gasteiger partial charge in [-0.05, 0) is 25.1 Å². The highest BCUT2D eigenvalue weighted by molar-refractivity contribution is 8.00. The van der Waals surface area contributed by atoms with E-state index < -0.39 is 11.7 Å². The number of halogens is 3. The third-order valence-electron chi connectivity index (χ3n) is 3.79. The molecule has 1 aromatic rings. The van der Waals surface area contributed by atoms with Crippen LogP contribution in [0, 0.1) is 0 Å². The standard InChI is InChI=1S/C14H17F3N2S2/c1-8-9(2)21-6-5-19(8)10-3-4-12(14(15,16)17)11(7-10)13(18)20/h3-4,7-9H,5-6H2,1-2H3,(H2,18,20). The summed E-state index contributed by atoms with van der Waals surface area (Å²) >= 11 is 6.66. The molecule has 0 saturated carbocycles. The van der Waals surface area contributed by atoms with Crippen molar-refractivity contribution in [1.29, 1.82) is 0 Å². The Morgan fingerprint density at radius 2 is 2.05 bits per heavy atom. The van der Waals surface area contributed by atoms with Crippen LogP contribution in [0.2, 0.25) is 0 Å². The first kappa shape index (κ1) is 16.4. The number of nitrogens with two attached hydrogens (primary N) is 1. The van der Waals surface area contributed by atoms with Crippen molar-refractivity contribution < 1.29 is 13.2 Å². The van der Waals surface area contributed by atoms with Crippen molar-refractivity contribution in [1.82, 2.24) is 0 Å². The van der Waals surface area contributed by atoms with Crippen LogP contribution < -0.4 is 10.6 Å². The molecule has 7 heteroatoms. The number of benzene rings is 1. The van der Waals surface area contributed by atoms with Crippen LogP contribution in [0.1, 0.15) is 25.0 Å². The zero-order valence-corrected chi connectivity index (χ0v) is 13.4. The van der Waals surface area contributed by atoms with Crippen LogP contribution in [-0.4, -0.2) is 28.6 Å². The molecule has 2 nitrogen and oxygen atoms in total. The lowest BCUT2D eigenvalue weighted by molar-refractivity contribution is -0.137. The van der Waals surface area contributed by atoms with Crippen LogP contribution in [-0.2, 0) is 6.18 Å². The van der Waals surface area contributed by atoms with E-state index in [-0.39, 0.29) is 16.6 Å². The van der Waals surface area contributed by atoms with E-state index >= 15 is 0 Å². The minimum Gasteiger partial charge on any atom is -0.389 e. The number of thioether (sulfide) groups is 1. The van der Waals surface area contributed by atoms with Crippen LogP contribution in [0.4, 0.5) is 18.9 Å². The Hall–Kier alpha value is -0.950. The van der Waals surface area contributed by atoms with E-state index in [1.54, 1.807) is 0 Å². The van der Waals surface area contributed by atoms with Crippen molar-refractivity contribution in [3.8, 4) is 0 Å². The van der Waals surface area contributed by atoms with E-state index in [1.807, 2.05) is 11.8 Å². The van der Waals surface area contributed by atoms with Gasteiger partial charge in [0.15, 0.2) is 0 Å². The smallest absolute Gasteiger partial charge is 0.389 e. The first-order valence-corrected chi connectivity index (χ1v) is 8.07. The fourth-order valence-corrected chi connectivity index (χ4v) is 3.73. The molecule has 1 heterocycles. The van der Waals surface area contributed by atoms with Gasteiger partial charge < -0.3 is 10.6 Å². The van der Waals surface area contributed by atoms with E-state index in [0.717, 1.165) is 24.1 Å². The minimum atomic E-state index is -4.45. The second kappa shape index (κ2) is 6.04. The van der Waals surface area contributed by atoms with Crippen LogP contribution in [0.25, 0.3) is 0 Å². The van der Waals surface area contributed by atoms with E-state index in [9.17, 15) is 13.2 Å². The van der Waals surface area contributed by atoms with Gasteiger partial charge in [-0.1, -0.05) is 19.1 Å². The molecule has 1 fully saturated rings. The van der Waals surface area contributed by atoms with Gasteiger partial charge in [0, 0.05) is 34.8 Å². The third-order valence-corrected chi connectivity index (χ3v) is 5.35. The number of alkyl halides is 3. The number of nitrogens with zero attached hydrogens (tertiary/aromatic N) is 1. The van der Waals surface area contributed by atoms with E-state index in [2.05, 4.69) is 18.7 Å². The Kier molecular flexibility index (Phi) is 4.72. The average Bonchev–Trinajstić information content (AvgIpc) is 2.40. The molecule has 0 aromatic heterocycles. The van der Waals surface area contributed by atoms with Crippen LogP contribution in [0.3, 0.4) is 0 Å². The maximum absolute atomic E-state index is 13.0. The summed E-state index contributed by atoms with van der Waals surface area (Å²) in [5, 5.41) is 0.425. The molecule has 2 N–H and O–H groups in total. The van der Waals surface area contributed by atoms with Gasteiger partial charge in [-0.3, -0.25) is 0 Å². The molecule has 0 aliphatic carbocycles. The summed E-state index contributed by atoms with van der Waals surface area (Å²) in [6, 6.07) is 4.29. The molecule has 116 valence electrons. The van der Waals surface area contributed by atoms with Gasteiger partial charge in [0.05, 0.1) is 5.56 Å². The first-order valence-electron chi connectivity index (χ1n) is 6.61. The van der Waals surface area contributed by atoms with E-state index in [0.29, 0.717) is 5.25 Å². The summed E-state index contributed by atoms with van der Waals surface area (Å²) in [4.78, 5) is 1.89. The van der Waals surface area contributed by atoms with Crippen LogP contribution in [0.5, 0.6) is 0 Å². The summed E-state index contributed by atoms with van der Waals surface area (Å²) < 4.78 is 39.0. The van der Waals surface area contributed by atoms with Crippen molar-refractivity contribution in [2.45, 2.75) is 31.3 Å². The fraction of sp³-hybridized carbons (Fsp3) is 0.500. The number of rotatable bonds is 2. The SMILES string of the molecule is CC1SCCN(c2ccc(C(F)(F)F)c(C(N)=S)c2)C1C. The highest BCUT2D eigenvalue weighted by Gasteiger charge is 2.35. The minimum absolute atomic E-state index is 0.104. The number of hydrogen-bond donors (Lipinski definition) is 1. The first-order chi connectivity index (χ1) is 9.71. The van der Waals surface area contributed by atoms with Gasteiger partial charge in [-0.15, -0.1) is 0 Å². The second-order valence-electron chi connectivity index (χ2n) is 5.10. The lowest BCUT2D eigenvalue weighted by Gasteiger charge is -2.39. The zero-order chi connectivity index (χ0) is 15.8. The summed E-state index contributed by atoms with van der Waals surface area (Å²) in [6.07, 6.45) is -4.45. The molecule has 0 radical (unpaired) electrons. The quantitative estimate of drug-likeness (QED) is 0.836. The Morgan fingerprint density at radius 1 is 1.38 bits per heavy atom. The lowest BCUT2D eigenvalue weighted by atomic mass is 10.0. The van der Waals surface area contributed by atoms with Gasteiger partial charge in [0.1, 0.15) is 4.99 Å². The van der Waals surface area contributed by atoms with Crippen molar-refractivity contribution in [2.24, 2.45) is 5.73 Å². The molecule has 0 spiro atoms. The predicted octanol–water partition coefficient (Wildman–Crippen LogP) is 3.67. The molecule has 0 amide bonds. The molecule has 1 aromatic carbocycles. The second-order valence-corrected chi connectivity index (χ2v) is 7.03. The van der Waals surface area contributed by atoms with Crippen molar-refractivity contribution >= 4 is 34.7 Å². The monoisotopic (exact) mass is 334 g/mol. The fourth-order valence-electron chi connectivity index (χ4n) is 2.46. The molecular formula is C14H17F3N2S2. The van der Waals surface area contributed by atoms with Gasteiger partial charge in [0.2, 0.25) is 0 Å². The molecule has 2 rings (SSSR count). The molecular weight excluding hydrogens is 317 g/mol. The van der Waals surface area contributed by atoms with Gasteiger partial charge in [-0.2, -0.15) is 24.9 Å². The predicted molar refractivity (Wildman–Crippen MR) is 86.1 cm³/mol. The molecule has 0 bridgehead atoms. The maximum atomic E-state index is 13.0. The van der Waals surface area contributed by atoms with Gasteiger partial charge >= 0.3 is 6.18 Å². The van der Waals surface area contributed by atoms with Crippen molar-refractivity contribution in [3.63, 3.8) is 0 Å². The summed E-state index contributed by atoms with van der Waals surface area (Å²) in [6.45, 7) is 5.01. The molecule has 2 unspecified atom stereocenters. The van der Waals surface area contributed by atoms with Gasteiger partial charge in [0.25, 0.3) is 0 Å². The van der Waals surface area contributed by atoms with E-state index in [4.69, 9.17) is 18.0 Å². The number of thiocarbonyl (C=S) groups is 1. The van der Waals surface area contributed by atoms with Crippen LogP contribution >= 0.6 is 24.0 Å². The molecule has 1 aliphatic heterocycles.